The largest absolute Gasteiger partial charge is 0.399 e. The van der Waals surface area contributed by atoms with E-state index in [-0.39, 0.29) is 12.0 Å². The van der Waals surface area contributed by atoms with Crippen LogP contribution in [0.2, 0.25) is 0 Å². The van der Waals surface area contributed by atoms with Gasteiger partial charge in [0.1, 0.15) is 24.3 Å². The van der Waals surface area contributed by atoms with Crippen molar-refractivity contribution in [2.75, 3.05) is 25.4 Å². The summed E-state index contributed by atoms with van der Waals surface area (Å²) >= 11 is 0. The van der Waals surface area contributed by atoms with E-state index >= 15 is 0 Å². The standard InChI is InChI=1S/C16H22N6O2/c1-11-6-12(17)7-13(20-11)14-8-21(4-5-24-14)15(23)16(2,3)22-10-18-9-19-22/h6-7,9-10,14H,4-5,8H2,1-3H3,(H2,17,20)/t14-/m1/s1. The van der Waals surface area contributed by atoms with E-state index in [4.69, 9.17) is 10.5 Å². The lowest BCUT2D eigenvalue weighted by Crippen LogP contribution is -2.51. The van der Waals surface area contributed by atoms with Gasteiger partial charge in [0.25, 0.3) is 0 Å². The van der Waals surface area contributed by atoms with Gasteiger partial charge in [-0.3, -0.25) is 9.78 Å². The molecule has 0 aromatic carbocycles. The monoisotopic (exact) mass is 330 g/mol. The molecule has 128 valence electrons. The molecule has 1 saturated heterocycles. The number of aromatic nitrogens is 4. The van der Waals surface area contributed by atoms with Crippen molar-refractivity contribution in [3.63, 3.8) is 0 Å². The molecule has 3 rings (SSSR count). The van der Waals surface area contributed by atoms with Crippen LogP contribution in [0, 0.1) is 6.92 Å². The molecule has 1 amide bonds. The average Bonchev–Trinajstić information content (AvgIpc) is 3.08. The van der Waals surface area contributed by atoms with Crippen LogP contribution in [0.4, 0.5) is 5.69 Å². The Morgan fingerprint density at radius 2 is 2.21 bits per heavy atom. The quantitative estimate of drug-likeness (QED) is 0.897. The van der Waals surface area contributed by atoms with Gasteiger partial charge in [0.2, 0.25) is 5.91 Å². The van der Waals surface area contributed by atoms with Crippen molar-refractivity contribution in [3.8, 4) is 0 Å². The number of rotatable bonds is 3. The third-order valence-corrected chi connectivity index (χ3v) is 4.19. The maximum absolute atomic E-state index is 13.0. The number of hydrogen-bond donors (Lipinski definition) is 1. The van der Waals surface area contributed by atoms with Gasteiger partial charge in [-0.1, -0.05) is 0 Å². The van der Waals surface area contributed by atoms with Gasteiger partial charge in [-0.05, 0) is 32.9 Å². The first-order chi connectivity index (χ1) is 11.4. The Labute approximate surface area is 140 Å². The number of carbonyl (C=O) groups excluding carboxylic acids is 1. The van der Waals surface area contributed by atoms with Crippen molar-refractivity contribution in [3.05, 3.63) is 36.2 Å². The van der Waals surface area contributed by atoms with Gasteiger partial charge < -0.3 is 15.4 Å². The second kappa shape index (κ2) is 6.20. The molecule has 2 N–H and O–H groups in total. The number of nitrogens with zero attached hydrogens (tertiary/aromatic N) is 5. The lowest BCUT2D eigenvalue weighted by atomic mass is 10.0. The van der Waals surface area contributed by atoms with Gasteiger partial charge in [-0.15, -0.1) is 0 Å². The number of morpholine rings is 1. The fourth-order valence-electron chi connectivity index (χ4n) is 2.88. The molecule has 24 heavy (non-hydrogen) atoms. The lowest BCUT2D eigenvalue weighted by Gasteiger charge is -2.37. The number of nitrogen functional groups attached to an aromatic ring is 1. The summed E-state index contributed by atoms with van der Waals surface area (Å²) in [6.45, 7) is 6.98. The van der Waals surface area contributed by atoms with Crippen molar-refractivity contribution < 1.29 is 9.53 Å². The highest BCUT2D eigenvalue weighted by atomic mass is 16.5. The fourth-order valence-corrected chi connectivity index (χ4v) is 2.88. The zero-order valence-corrected chi connectivity index (χ0v) is 14.1. The molecule has 0 unspecified atom stereocenters. The van der Waals surface area contributed by atoms with E-state index < -0.39 is 5.54 Å². The fraction of sp³-hybridized carbons (Fsp3) is 0.500. The molecule has 0 spiro atoms. The number of nitrogens with two attached hydrogens (primary N) is 1. The van der Waals surface area contributed by atoms with Crippen LogP contribution in [-0.4, -0.2) is 50.3 Å². The highest BCUT2D eigenvalue weighted by molar-refractivity contribution is 5.83. The summed E-state index contributed by atoms with van der Waals surface area (Å²) in [6, 6.07) is 3.61. The van der Waals surface area contributed by atoms with Gasteiger partial charge in [0, 0.05) is 17.9 Å². The molecular formula is C16H22N6O2. The van der Waals surface area contributed by atoms with E-state index in [0.29, 0.717) is 25.4 Å². The molecule has 3 heterocycles. The topological polar surface area (TPSA) is 99.2 Å². The molecule has 8 nitrogen and oxygen atoms in total. The minimum absolute atomic E-state index is 0.0260. The number of carbonyl (C=O) groups is 1. The second-order valence-corrected chi connectivity index (χ2v) is 6.48. The normalized spacial score (nSPS) is 18.6. The smallest absolute Gasteiger partial charge is 0.250 e. The van der Waals surface area contributed by atoms with Crippen LogP contribution < -0.4 is 5.73 Å². The summed E-state index contributed by atoms with van der Waals surface area (Å²) in [5.41, 5.74) is 7.32. The highest BCUT2D eigenvalue weighted by Crippen LogP contribution is 2.26. The summed E-state index contributed by atoms with van der Waals surface area (Å²) in [7, 11) is 0. The van der Waals surface area contributed by atoms with Crippen molar-refractivity contribution in [2.45, 2.75) is 32.4 Å². The summed E-state index contributed by atoms with van der Waals surface area (Å²) in [5, 5.41) is 4.10. The van der Waals surface area contributed by atoms with Crippen molar-refractivity contribution in [1.29, 1.82) is 0 Å². The third-order valence-electron chi connectivity index (χ3n) is 4.19. The predicted molar refractivity (Wildman–Crippen MR) is 88.0 cm³/mol. The Bertz CT molecular complexity index is 708. The first kappa shape index (κ1) is 16.4. The molecule has 2 aromatic rings. The lowest BCUT2D eigenvalue weighted by molar-refractivity contribution is -0.147. The maximum Gasteiger partial charge on any atom is 0.250 e. The van der Waals surface area contributed by atoms with Crippen LogP contribution in [0.3, 0.4) is 0 Å². The Morgan fingerprint density at radius 3 is 2.88 bits per heavy atom. The minimum Gasteiger partial charge on any atom is -0.399 e. The Kier molecular flexibility index (Phi) is 4.23. The van der Waals surface area contributed by atoms with Gasteiger partial charge in [-0.25, -0.2) is 9.67 Å². The van der Waals surface area contributed by atoms with E-state index in [1.807, 2.05) is 26.8 Å². The van der Waals surface area contributed by atoms with Gasteiger partial charge in [-0.2, -0.15) is 5.10 Å². The molecule has 8 heteroatoms. The Morgan fingerprint density at radius 1 is 1.42 bits per heavy atom. The minimum atomic E-state index is -0.808. The third kappa shape index (κ3) is 3.09. The van der Waals surface area contributed by atoms with E-state index in [1.54, 1.807) is 22.0 Å². The van der Waals surface area contributed by atoms with Crippen molar-refractivity contribution >= 4 is 11.6 Å². The molecule has 0 radical (unpaired) electrons. The molecule has 2 aromatic heterocycles. The molecule has 0 saturated carbocycles. The van der Waals surface area contributed by atoms with E-state index in [2.05, 4.69) is 15.1 Å². The molecule has 0 bridgehead atoms. The highest BCUT2D eigenvalue weighted by Gasteiger charge is 2.37. The number of ether oxygens (including phenoxy) is 1. The summed E-state index contributed by atoms with van der Waals surface area (Å²) < 4.78 is 7.38. The number of pyridine rings is 1. The number of anilines is 1. The summed E-state index contributed by atoms with van der Waals surface area (Å²) in [6.07, 6.45) is 2.70. The van der Waals surface area contributed by atoms with E-state index in [9.17, 15) is 4.79 Å². The van der Waals surface area contributed by atoms with Crippen LogP contribution in [0.15, 0.2) is 24.8 Å². The number of amides is 1. The second-order valence-electron chi connectivity index (χ2n) is 6.48. The predicted octanol–water partition coefficient (Wildman–Crippen LogP) is 0.899. The van der Waals surface area contributed by atoms with Crippen molar-refractivity contribution in [2.24, 2.45) is 0 Å². The van der Waals surface area contributed by atoms with Crippen LogP contribution in [-0.2, 0) is 15.1 Å². The van der Waals surface area contributed by atoms with Gasteiger partial charge in [0.15, 0.2) is 0 Å². The van der Waals surface area contributed by atoms with Crippen LogP contribution in [0.25, 0.3) is 0 Å². The first-order valence-corrected chi connectivity index (χ1v) is 7.88. The molecule has 1 aliphatic rings. The Hall–Kier alpha value is -2.48. The van der Waals surface area contributed by atoms with Gasteiger partial charge in [0.05, 0.1) is 18.8 Å². The molecule has 1 atom stereocenters. The first-order valence-electron chi connectivity index (χ1n) is 7.88. The molecule has 1 aliphatic heterocycles. The molecule has 0 aliphatic carbocycles. The number of aryl methyl sites for hydroxylation is 1. The summed E-state index contributed by atoms with van der Waals surface area (Å²) in [4.78, 5) is 23.2. The number of hydrogen-bond acceptors (Lipinski definition) is 6. The SMILES string of the molecule is Cc1cc(N)cc([C@H]2CN(C(=O)C(C)(C)n3cncn3)CCO2)n1. The molecule has 1 fully saturated rings. The Balaban J connectivity index is 1.79. The van der Waals surface area contributed by atoms with Gasteiger partial charge >= 0.3 is 0 Å². The average molecular weight is 330 g/mol. The zero-order chi connectivity index (χ0) is 17.3. The van der Waals surface area contributed by atoms with Crippen molar-refractivity contribution in [1.82, 2.24) is 24.6 Å². The van der Waals surface area contributed by atoms with Crippen LogP contribution >= 0.6 is 0 Å². The molecular weight excluding hydrogens is 308 g/mol. The van der Waals surface area contributed by atoms with E-state index in [1.165, 1.54) is 6.33 Å². The van der Waals surface area contributed by atoms with Crippen LogP contribution in [0.1, 0.15) is 31.3 Å². The maximum atomic E-state index is 13.0. The summed E-state index contributed by atoms with van der Waals surface area (Å²) in [5.74, 6) is -0.0260. The van der Waals surface area contributed by atoms with Crippen LogP contribution in [0.5, 0.6) is 0 Å². The zero-order valence-electron chi connectivity index (χ0n) is 14.1. The van der Waals surface area contributed by atoms with E-state index in [0.717, 1.165) is 11.4 Å².